The van der Waals surface area contributed by atoms with Gasteiger partial charge in [0.2, 0.25) is 0 Å². The average Bonchev–Trinajstić information content (AvgIpc) is 2.71. The van der Waals surface area contributed by atoms with Crippen LogP contribution in [0.5, 0.6) is 0 Å². The number of para-hydroxylation sites is 1. The molecule has 0 aliphatic rings. The fourth-order valence-corrected chi connectivity index (χ4v) is 3.01. The second-order valence-electron chi connectivity index (χ2n) is 4.72. The van der Waals surface area contributed by atoms with Gasteiger partial charge in [0.25, 0.3) is 5.82 Å². The number of hydrogen-bond donors (Lipinski definition) is 0. The van der Waals surface area contributed by atoms with Crippen molar-refractivity contribution >= 4 is 34.2 Å². The van der Waals surface area contributed by atoms with E-state index in [1.807, 2.05) is 30.3 Å². The Bertz CT molecular complexity index is 776. The fraction of sp³-hybridized carbons (Fsp3) is 0.188. The predicted octanol–water partition coefficient (Wildman–Crippen LogP) is 4.55. The first-order chi connectivity index (χ1) is 9.63. The standard InChI is InChI=1S/C16H15Cl2N2/c1-3-19-11(2)20(12-7-5-4-6-8-12)16-10-14(18)13(17)9-15(16)19/h4-10H,3H2,1-2H3/q+1. The average molecular weight is 306 g/mol. The van der Waals surface area contributed by atoms with Gasteiger partial charge in [-0.3, -0.25) is 0 Å². The minimum absolute atomic E-state index is 0.581. The van der Waals surface area contributed by atoms with Crippen LogP contribution in [0.2, 0.25) is 10.0 Å². The van der Waals surface area contributed by atoms with Crippen LogP contribution < -0.4 is 4.57 Å². The molecule has 0 fully saturated rings. The second kappa shape index (κ2) is 5.12. The number of fused-ring (bicyclic) bond motifs is 1. The van der Waals surface area contributed by atoms with Crippen molar-refractivity contribution < 1.29 is 4.57 Å². The molecule has 2 nitrogen and oxygen atoms in total. The van der Waals surface area contributed by atoms with Gasteiger partial charge in [-0.25, -0.2) is 4.57 Å². The minimum Gasteiger partial charge on any atom is -0.227 e. The topological polar surface area (TPSA) is 8.81 Å². The Morgan fingerprint density at radius 1 is 1.05 bits per heavy atom. The summed E-state index contributed by atoms with van der Waals surface area (Å²) in [6.07, 6.45) is 0. The van der Waals surface area contributed by atoms with Gasteiger partial charge >= 0.3 is 0 Å². The molecule has 0 spiro atoms. The summed E-state index contributed by atoms with van der Waals surface area (Å²) in [5.41, 5.74) is 3.30. The van der Waals surface area contributed by atoms with E-state index in [0.29, 0.717) is 10.0 Å². The zero-order valence-corrected chi connectivity index (χ0v) is 12.9. The van der Waals surface area contributed by atoms with Gasteiger partial charge in [0.1, 0.15) is 5.69 Å². The maximum absolute atomic E-state index is 6.20. The molecule has 0 saturated heterocycles. The molecular weight excluding hydrogens is 291 g/mol. The van der Waals surface area contributed by atoms with Crippen LogP contribution in [0.1, 0.15) is 12.7 Å². The number of nitrogens with zero attached hydrogens (tertiary/aromatic N) is 2. The molecule has 0 amide bonds. The lowest BCUT2D eigenvalue weighted by atomic mass is 10.2. The van der Waals surface area contributed by atoms with Crippen molar-refractivity contribution in [2.75, 3.05) is 0 Å². The zero-order valence-electron chi connectivity index (χ0n) is 11.4. The van der Waals surface area contributed by atoms with Gasteiger partial charge in [0.05, 0.1) is 16.6 Å². The third-order valence-corrected chi connectivity index (χ3v) is 4.32. The molecule has 0 atom stereocenters. The van der Waals surface area contributed by atoms with Gasteiger partial charge < -0.3 is 0 Å². The van der Waals surface area contributed by atoms with E-state index in [1.54, 1.807) is 0 Å². The second-order valence-corrected chi connectivity index (χ2v) is 5.53. The molecule has 0 saturated carbocycles. The van der Waals surface area contributed by atoms with Crippen molar-refractivity contribution in [1.29, 1.82) is 0 Å². The maximum Gasteiger partial charge on any atom is 0.259 e. The van der Waals surface area contributed by atoms with E-state index in [1.165, 1.54) is 0 Å². The molecule has 0 bridgehead atoms. The minimum atomic E-state index is 0.581. The molecule has 3 rings (SSSR count). The molecule has 3 aromatic rings. The van der Waals surface area contributed by atoms with Crippen LogP contribution in [0.4, 0.5) is 0 Å². The first-order valence-corrected chi connectivity index (χ1v) is 7.34. The summed E-state index contributed by atoms with van der Waals surface area (Å²) in [7, 11) is 0. The molecule has 0 unspecified atom stereocenters. The first-order valence-electron chi connectivity index (χ1n) is 6.58. The third-order valence-electron chi connectivity index (χ3n) is 3.59. The highest BCUT2D eigenvalue weighted by Crippen LogP contribution is 2.29. The molecule has 1 heterocycles. The number of hydrogen-bond acceptors (Lipinski definition) is 0. The fourth-order valence-electron chi connectivity index (χ4n) is 2.69. The number of rotatable bonds is 2. The van der Waals surface area contributed by atoms with Crippen molar-refractivity contribution in [2.24, 2.45) is 0 Å². The summed E-state index contributed by atoms with van der Waals surface area (Å²) in [6, 6.07) is 14.1. The van der Waals surface area contributed by atoms with Crippen LogP contribution in [-0.4, -0.2) is 4.57 Å². The van der Waals surface area contributed by atoms with Crippen LogP contribution in [0.25, 0.3) is 16.7 Å². The molecule has 20 heavy (non-hydrogen) atoms. The number of aryl methyl sites for hydroxylation is 1. The Hall–Kier alpha value is -1.51. The first kappa shape index (κ1) is 13.5. The quantitative estimate of drug-likeness (QED) is 0.614. The number of benzene rings is 2. The number of aromatic nitrogens is 2. The Morgan fingerprint density at radius 2 is 1.70 bits per heavy atom. The van der Waals surface area contributed by atoms with E-state index in [9.17, 15) is 0 Å². The van der Waals surface area contributed by atoms with Crippen molar-refractivity contribution in [1.82, 2.24) is 4.57 Å². The molecule has 4 heteroatoms. The monoisotopic (exact) mass is 305 g/mol. The van der Waals surface area contributed by atoms with Gasteiger partial charge in [0, 0.05) is 19.1 Å². The van der Waals surface area contributed by atoms with E-state index in [4.69, 9.17) is 23.2 Å². The molecular formula is C16H15Cl2N2+. The van der Waals surface area contributed by atoms with E-state index in [-0.39, 0.29) is 0 Å². The van der Waals surface area contributed by atoms with Gasteiger partial charge in [-0.05, 0) is 19.1 Å². The van der Waals surface area contributed by atoms with E-state index < -0.39 is 0 Å². The van der Waals surface area contributed by atoms with Crippen molar-refractivity contribution in [3.8, 4) is 5.69 Å². The lowest BCUT2D eigenvalue weighted by Gasteiger charge is -1.99. The van der Waals surface area contributed by atoms with E-state index in [0.717, 1.165) is 29.1 Å². The van der Waals surface area contributed by atoms with Crippen LogP contribution in [0, 0.1) is 6.92 Å². The highest BCUT2D eigenvalue weighted by molar-refractivity contribution is 6.42. The molecule has 0 N–H and O–H groups in total. The van der Waals surface area contributed by atoms with Gasteiger partial charge in [-0.2, -0.15) is 4.57 Å². The predicted molar refractivity (Wildman–Crippen MR) is 83.9 cm³/mol. The highest BCUT2D eigenvalue weighted by Gasteiger charge is 2.23. The molecule has 0 aliphatic heterocycles. The highest BCUT2D eigenvalue weighted by atomic mass is 35.5. The lowest BCUT2D eigenvalue weighted by Crippen LogP contribution is -2.34. The van der Waals surface area contributed by atoms with E-state index in [2.05, 4.69) is 35.1 Å². The van der Waals surface area contributed by atoms with Crippen molar-refractivity contribution in [3.63, 3.8) is 0 Å². The summed E-state index contributed by atoms with van der Waals surface area (Å²) in [5.74, 6) is 1.16. The third kappa shape index (κ3) is 2.00. The summed E-state index contributed by atoms with van der Waals surface area (Å²) >= 11 is 12.4. The Kier molecular flexibility index (Phi) is 3.45. The molecule has 0 aliphatic carbocycles. The summed E-state index contributed by atoms with van der Waals surface area (Å²) < 4.78 is 4.45. The number of imidazole rings is 1. The Labute approximate surface area is 128 Å². The summed E-state index contributed by atoms with van der Waals surface area (Å²) in [5, 5.41) is 1.17. The van der Waals surface area contributed by atoms with Crippen LogP contribution in [0.3, 0.4) is 0 Å². The van der Waals surface area contributed by atoms with Crippen LogP contribution in [-0.2, 0) is 6.54 Å². The van der Waals surface area contributed by atoms with Gasteiger partial charge in [0.15, 0.2) is 11.0 Å². The lowest BCUT2D eigenvalue weighted by molar-refractivity contribution is -0.674. The smallest absolute Gasteiger partial charge is 0.227 e. The summed E-state index contributed by atoms with van der Waals surface area (Å²) in [4.78, 5) is 0. The number of halogens is 2. The molecule has 0 radical (unpaired) electrons. The van der Waals surface area contributed by atoms with Crippen LogP contribution >= 0.6 is 23.2 Å². The van der Waals surface area contributed by atoms with Gasteiger partial charge in [-0.15, -0.1) is 0 Å². The Balaban J connectivity index is 2.43. The van der Waals surface area contributed by atoms with Crippen molar-refractivity contribution in [3.05, 3.63) is 58.3 Å². The Morgan fingerprint density at radius 3 is 2.35 bits per heavy atom. The maximum atomic E-state index is 6.20. The molecule has 102 valence electrons. The largest absolute Gasteiger partial charge is 0.259 e. The SMILES string of the molecule is CC[n+]1c(C)n(-c2ccccc2)c2cc(Cl)c(Cl)cc21. The zero-order chi connectivity index (χ0) is 14.3. The van der Waals surface area contributed by atoms with Crippen LogP contribution in [0.15, 0.2) is 42.5 Å². The van der Waals surface area contributed by atoms with Gasteiger partial charge in [-0.1, -0.05) is 41.4 Å². The van der Waals surface area contributed by atoms with E-state index >= 15 is 0 Å². The summed E-state index contributed by atoms with van der Waals surface area (Å²) in [6.45, 7) is 5.13. The molecule has 2 aromatic carbocycles. The van der Waals surface area contributed by atoms with Crippen molar-refractivity contribution in [2.45, 2.75) is 20.4 Å². The normalized spacial score (nSPS) is 11.2. The molecule has 1 aromatic heterocycles.